The fraction of sp³-hybridized carbons (Fsp3) is 0.308. The summed E-state index contributed by atoms with van der Waals surface area (Å²) >= 11 is 5.13. The maximum absolute atomic E-state index is 5.82. The van der Waals surface area contributed by atoms with Gasteiger partial charge >= 0.3 is 0 Å². The number of aryl methyl sites for hydroxylation is 3. The molecule has 0 saturated heterocycles. The number of thiocarbonyl (C=S) groups is 1. The SMILES string of the molecule is Cc1cc(C)c(C(N)=S)c(-n2cnc(C)c2C)n1. The van der Waals surface area contributed by atoms with E-state index < -0.39 is 0 Å². The van der Waals surface area contributed by atoms with Crippen molar-refractivity contribution in [2.75, 3.05) is 0 Å². The summed E-state index contributed by atoms with van der Waals surface area (Å²) in [7, 11) is 0. The molecule has 94 valence electrons. The van der Waals surface area contributed by atoms with Gasteiger partial charge in [0.1, 0.15) is 17.1 Å². The van der Waals surface area contributed by atoms with Gasteiger partial charge in [-0.2, -0.15) is 0 Å². The van der Waals surface area contributed by atoms with Gasteiger partial charge in [0.15, 0.2) is 0 Å². The zero-order valence-electron chi connectivity index (χ0n) is 11.0. The van der Waals surface area contributed by atoms with Crippen molar-refractivity contribution in [1.29, 1.82) is 0 Å². The van der Waals surface area contributed by atoms with Crippen LogP contribution in [-0.4, -0.2) is 19.5 Å². The molecule has 0 unspecified atom stereocenters. The highest BCUT2D eigenvalue weighted by molar-refractivity contribution is 7.80. The normalized spacial score (nSPS) is 10.7. The van der Waals surface area contributed by atoms with Gasteiger partial charge in [-0.25, -0.2) is 9.97 Å². The molecule has 0 spiro atoms. The number of hydrogen-bond donors (Lipinski definition) is 1. The zero-order chi connectivity index (χ0) is 13.4. The molecule has 2 N–H and O–H groups in total. The molecule has 0 fully saturated rings. The summed E-state index contributed by atoms with van der Waals surface area (Å²) in [6.07, 6.45) is 1.76. The van der Waals surface area contributed by atoms with Gasteiger partial charge in [0, 0.05) is 11.4 Å². The highest BCUT2D eigenvalue weighted by Gasteiger charge is 2.15. The van der Waals surface area contributed by atoms with Crippen LogP contribution in [-0.2, 0) is 0 Å². The third-order valence-corrected chi connectivity index (χ3v) is 3.26. The third kappa shape index (κ3) is 2.01. The van der Waals surface area contributed by atoms with Crippen molar-refractivity contribution < 1.29 is 0 Å². The number of imidazole rings is 1. The van der Waals surface area contributed by atoms with Gasteiger partial charge in [0.25, 0.3) is 0 Å². The Bertz CT molecular complexity index is 628. The van der Waals surface area contributed by atoms with Crippen LogP contribution in [0.3, 0.4) is 0 Å². The quantitative estimate of drug-likeness (QED) is 0.840. The average Bonchev–Trinajstić information content (AvgIpc) is 2.57. The molecule has 0 amide bonds. The summed E-state index contributed by atoms with van der Waals surface area (Å²) in [6.45, 7) is 7.92. The summed E-state index contributed by atoms with van der Waals surface area (Å²) in [5, 5.41) is 0. The van der Waals surface area contributed by atoms with E-state index in [1.165, 1.54) is 0 Å². The van der Waals surface area contributed by atoms with E-state index in [0.717, 1.165) is 34.0 Å². The first kappa shape index (κ1) is 12.7. The van der Waals surface area contributed by atoms with E-state index in [1.807, 2.05) is 38.3 Å². The van der Waals surface area contributed by atoms with E-state index in [-0.39, 0.29) is 0 Å². The first-order valence-corrected chi connectivity index (χ1v) is 6.11. The van der Waals surface area contributed by atoms with Crippen molar-refractivity contribution in [3.8, 4) is 5.82 Å². The Balaban J connectivity index is 2.77. The van der Waals surface area contributed by atoms with E-state index in [4.69, 9.17) is 18.0 Å². The maximum Gasteiger partial charge on any atom is 0.148 e. The summed E-state index contributed by atoms with van der Waals surface area (Å²) in [5.74, 6) is 0.762. The van der Waals surface area contributed by atoms with Crippen LogP contribution in [0.15, 0.2) is 12.4 Å². The number of hydrogen-bond acceptors (Lipinski definition) is 3. The molecule has 2 heterocycles. The van der Waals surface area contributed by atoms with Crippen LogP contribution < -0.4 is 5.73 Å². The molecule has 0 radical (unpaired) electrons. The lowest BCUT2D eigenvalue weighted by Gasteiger charge is -2.13. The molecule has 0 bridgehead atoms. The smallest absolute Gasteiger partial charge is 0.148 e. The topological polar surface area (TPSA) is 56.7 Å². The predicted octanol–water partition coefficient (Wildman–Crippen LogP) is 2.14. The zero-order valence-corrected chi connectivity index (χ0v) is 11.8. The summed E-state index contributed by atoms with van der Waals surface area (Å²) < 4.78 is 1.93. The Morgan fingerprint density at radius 3 is 2.44 bits per heavy atom. The average molecular weight is 260 g/mol. The summed E-state index contributed by atoms with van der Waals surface area (Å²) in [4.78, 5) is 9.21. The minimum Gasteiger partial charge on any atom is -0.389 e. The largest absolute Gasteiger partial charge is 0.389 e. The van der Waals surface area contributed by atoms with E-state index >= 15 is 0 Å². The van der Waals surface area contributed by atoms with Crippen LogP contribution in [0.5, 0.6) is 0 Å². The van der Waals surface area contributed by atoms with Gasteiger partial charge in [-0.05, 0) is 39.3 Å². The number of pyridine rings is 1. The summed E-state index contributed by atoms with van der Waals surface area (Å²) in [5.41, 5.74) is 10.6. The second kappa shape index (κ2) is 4.49. The van der Waals surface area contributed by atoms with Gasteiger partial charge in [-0.3, -0.25) is 4.57 Å². The van der Waals surface area contributed by atoms with E-state index in [9.17, 15) is 0 Å². The highest BCUT2D eigenvalue weighted by atomic mass is 32.1. The number of rotatable bonds is 2. The molecular weight excluding hydrogens is 244 g/mol. The van der Waals surface area contributed by atoms with Crippen molar-refractivity contribution in [2.24, 2.45) is 5.73 Å². The highest BCUT2D eigenvalue weighted by Crippen LogP contribution is 2.20. The lowest BCUT2D eigenvalue weighted by Crippen LogP contribution is -2.17. The van der Waals surface area contributed by atoms with Crippen molar-refractivity contribution >= 4 is 17.2 Å². The molecule has 0 atom stereocenters. The first-order valence-electron chi connectivity index (χ1n) is 5.70. The summed E-state index contributed by atoms with van der Waals surface area (Å²) in [6, 6.07) is 1.98. The van der Waals surface area contributed by atoms with Gasteiger partial charge in [0.2, 0.25) is 0 Å². The minimum atomic E-state index is 0.362. The van der Waals surface area contributed by atoms with E-state index in [2.05, 4.69) is 9.97 Å². The van der Waals surface area contributed by atoms with Gasteiger partial charge < -0.3 is 5.73 Å². The Morgan fingerprint density at radius 1 is 1.28 bits per heavy atom. The Morgan fingerprint density at radius 2 is 1.94 bits per heavy atom. The molecule has 2 aromatic rings. The molecule has 4 nitrogen and oxygen atoms in total. The van der Waals surface area contributed by atoms with Gasteiger partial charge in [0.05, 0.1) is 11.3 Å². The molecule has 18 heavy (non-hydrogen) atoms. The molecule has 0 aliphatic carbocycles. The van der Waals surface area contributed by atoms with Crippen molar-refractivity contribution in [1.82, 2.24) is 14.5 Å². The molecule has 2 rings (SSSR count). The van der Waals surface area contributed by atoms with Crippen LogP contribution in [0, 0.1) is 27.7 Å². The van der Waals surface area contributed by atoms with Crippen molar-refractivity contribution in [3.63, 3.8) is 0 Å². The molecule has 0 saturated carbocycles. The predicted molar refractivity (Wildman–Crippen MR) is 76.2 cm³/mol. The van der Waals surface area contributed by atoms with Crippen LogP contribution >= 0.6 is 12.2 Å². The van der Waals surface area contributed by atoms with Crippen molar-refractivity contribution in [3.05, 3.63) is 40.6 Å². The second-order valence-electron chi connectivity index (χ2n) is 4.43. The monoisotopic (exact) mass is 260 g/mol. The van der Waals surface area contributed by atoms with Crippen LogP contribution in [0.4, 0.5) is 0 Å². The molecule has 0 aliphatic rings. The standard InChI is InChI=1S/C13H16N4S/c1-7-5-8(2)16-13(11(7)12(14)18)17-6-15-9(3)10(17)4/h5-6H,1-4H3,(H2,14,18). The number of aromatic nitrogens is 3. The van der Waals surface area contributed by atoms with Crippen molar-refractivity contribution in [2.45, 2.75) is 27.7 Å². The fourth-order valence-electron chi connectivity index (χ4n) is 2.01. The van der Waals surface area contributed by atoms with Crippen LogP contribution in [0.25, 0.3) is 5.82 Å². The molecular formula is C13H16N4S. The fourth-order valence-corrected chi connectivity index (χ4v) is 2.26. The number of nitrogens with zero attached hydrogens (tertiary/aromatic N) is 3. The molecule has 0 aliphatic heterocycles. The van der Waals surface area contributed by atoms with Crippen LogP contribution in [0.1, 0.15) is 28.2 Å². The minimum absolute atomic E-state index is 0.362. The molecule has 2 aromatic heterocycles. The van der Waals surface area contributed by atoms with E-state index in [0.29, 0.717) is 4.99 Å². The Hall–Kier alpha value is -1.75. The molecule has 5 heteroatoms. The van der Waals surface area contributed by atoms with Crippen LogP contribution in [0.2, 0.25) is 0 Å². The maximum atomic E-state index is 5.82. The van der Waals surface area contributed by atoms with E-state index in [1.54, 1.807) is 6.33 Å². The second-order valence-corrected chi connectivity index (χ2v) is 4.87. The lowest BCUT2D eigenvalue weighted by atomic mass is 10.1. The Labute approximate surface area is 112 Å². The van der Waals surface area contributed by atoms with Gasteiger partial charge in [-0.15, -0.1) is 0 Å². The third-order valence-electron chi connectivity index (χ3n) is 3.05. The van der Waals surface area contributed by atoms with Gasteiger partial charge in [-0.1, -0.05) is 12.2 Å². The number of nitrogens with two attached hydrogens (primary N) is 1. The Kier molecular flexibility index (Phi) is 3.17. The lowest BCUT2D eigenvalue weighted by molar-refractivity contribution is 0.929. The first-order chi connectivity index (χ1) is 8.41. The molecule has 0 aromatic carbocycles.